The molecular formula is C16H17N3O3S. The Morgan fingerprint density at radius 2 is 2.17 bits per heavy atom. The van der Waals surface area contributed by atoms with Gasteiger partial charge in [0.05, 0.1) is 18.7 Å². The Kier molecular flexibility index (Phi) is 4.57. The largest absolute Gasteiger partial charge is 0.497 e. The molecule has 1 aromatic carbocycles. The molecule has 1 aliphatic heterocycles. The first-order valence-corrected chi connectivity index (χ1v) is 8.21. The second-order valence-corrected chi connectivity index (χ2v) is 6.15. The molecule has 6 nitrogen and oxygen atoms in total. The lowest BCUT2D eigenvalue weighted by molar-refractivity contribution is -0.126. The number of benzene rings is 1. The summed E-state index contributed by atoms with van der Waals surface area (Å²) in [6.45, 7) is 0.390. The number of ether oxygens (including phenoxy) is 1. The zero-order valence-corrected chi connectivity index (χ0v) is 13.5. The van der Waals surface area contributed by atoms with Crippen LogP contribution in [0.15, 0.2) is 29.6 Å². The topological polar surface area (TPSA) is 80.3 Å². The van der Waals surface area contributed by atoms with Crippen LogP contribution in [0.25, 0.3) is 11.3 Å². The molecule has 1 aliphatic rings. The first kappa shape index (κ1) is 15.5. The lowest BCUT2D eigenvalue weighted by Crippen LogP contribution is -2.40. The molecule has 7 heteroatoms. The maximum atomic E-state index is 12.2. The summed E-state index contributed by atoms with van der Waals surface area (Å²) in [5.74, 6) is 0.503. The highest BCUT2D eigenvalue weighted by molar-refractivity contribution is 7.14. The van der Waals surface area contributed by atoms with E-state index in [4.69, 9.17) is 4.74 Å². The number of aromatic nitrogens is 1. The molecule has 120 valence electrons. The van der Waals surface area contributed by atoms with Gasteiger partial charge in [-0.1, -0.05) is 0 Å². The molecule has 0 aliphatic carbocycles. The van der Waals surface area contributed by atoms with Crippen molar-refractivity contribution in [2.75, 3.05) is 19.0 Å². The predicted molar refractivity (Wildman–Crippen MR) is 88.5 cm³/mol. The zero-order valence-electron chi connectivity index (χ0n) is 12.7. The summed E-state index contributed by atoms with van der Waals surface area (Å²) in [7, 11) is 1.62. The Morgan fingerprint density at radius 3 is 2.83 bits per heavy atom. The Bertz CT molecular complexity index is 702. The van der Waals surface area contributed by atoms with E-state index in [1.807, 2.05) is 29.6 Å². The fourth-order valence-electron chi connectivity index (χ4n) is 2.39. The van der Waals surface area contributed by atoms with Gasteiger partial charge in [-0.25, -0.2) is 4.98 Å². The van der Waals surface area contributed by atoms with Gasteiger partial charge in [-0.15, -0.1) is 11.3 Å². The van der Waals surface area contributed by atoms with Crippen molar-refractivity contribution in [3.63, 3.8) is 0 Å². The number of nitrogens with one attached hydrogen (secondary N) is 2. The van der Waals surface area contributed by atoms with Crippen molar-refractivity contribution in [1.29, 1.82) is 0 Å². The normalized spacial score (nSPS) is 17.4. The number of carbonyl (C=O) groups is 2. The SMILES string of the molecule is COc1ccc(-c2csc(NC(=O)[C@H]3CCC(=O)NC3)n2)cc1. The van der Waals surface area contributed by atoms with Gasteiger partial charge in [0.25, 0.3) is 0 Å². The highest BCUT2D eigenvalue weighted by Gasteiger charge is 2.25. The summed E-state index contributed by atoms with van der Waals surface area (Å²) in [6, 6.07) is 7.60. The average Bonchev–Trinajstić information content (AvgIpc) is 3.04. The molecule has 0 saturated carbocycles. The van der Waals surface area contributed by atoms with Gasteiger partial charge in [0.15, 0.2) is 5.13 Å². The number of nitrogens with zero attached hydrogens (tertiary/aromatic N) is 1. The van der Waals surface area contributed by atoms with Crippen LogP contribution in [-0.2, 0) is 9.59 Å². The molecule has 2 heterocycles. The molecule has 0 bridgehead atoms. The van der Waals surface area contributed by atoms with E-state index in [0.29, 0.717) is 24.5 Å². The molecule has 0 spiro atoms. The summed E-state index contributed by atoms with van der Waals surface area (Å²) >= 11 is 1.39. The van der Waals surface area contributed by atoms with Gasteiger partial charge in [-0.2, -0.15) is 0 Å². The molecule has 23 heavy (non-hydrogen) atoms. The van der Waals surface area contributed by atoms with Crippen molar-refractivity contribution in [1.82, 2.24) is 10.3 Å². The molecule has 3 rings (SSSR count). The number of thiazole rings is 1. The van der Waals surface area contributed by atoms with Gasteiger partial charge in [0, 0.05) is 23.9 Å². The lowest BCUT2D eigenvalue weighted by Gasteiger charge is -2.20. The van der Waals surface area contributed by atoms with E-state index in [1.165, 1.54) is 11.3 Å². The van der Waals surface area contributed by atoms with Crippen molar-refractivity contribution < 1.29 is 14.3 Å². The van der Waals surface area contributed by atoms with Gasteiger partial charge >= 0.3 is 0 Å². The number of amides is 2. The fourth-order valence-corrected chi connectivity index (χ4v) is 3.11. The molecule has 1 aromatic heterocycles. The van der Waals surface area contributed by atoms with Gasteiger partial charge in [-0.3, -0.25) is 9.59 Å². The number of hydrogen-bond donors (Lipinski definition) is 2. The highest BCUT2D eigenvalue weighted by atomic mass is 32.1. The molecule has 2 amide bonds. The Balaban J connectivity index is 1.64. The summed E-state index contributed by atoms with van der Waals surface area (Å²) in [5, 5.41) is 8.01. The molecule has 2 aromatic rings. The number of anilines is 1. The smallest absolute Gasteiger partial charge is 0.231 e. The van der Waals surface area contributed by atoms with Crippen molar-refractivity contribution in [3.8, 4) is 17.0 Å². The molecule has 0 radical (unpaired) electrons. The number of rotatable bonds is 4. The van der Waals surface area contributed by atoms with Crippen LogP contribution in [0.5, 0.6) is 5.75 Å². The minimum Gasteiger partial charge on any atom is -0.497 e. The molecule has 2 N–H and O–H groups in total. The van der Waals surface area contributed by atoms with E-state index in [9.17, 15) is 9.59 Å². The van der Waals surface area contributed by atoms with Crippen LogP contribution in [0.1, 0.15) is 12.8 Å². The standard InChI is InChI=1S/C16H17N3O3S/c1-22-12-5-2-10(3-6-12)13-9-23-16(18-13)19-15(21)11-4-7-14(20)17-8-11/h2-3,5-6,9,11H,4,7-8H2,1H3,(H,17,20)(H,18,19,21)/t11-/m0/s1. The summed E-state index contributed by atoms with van der Waals surface area (Å²) in [5.41, 5.74) is 1.78. The molecule has 1 atom stereocenters. The van der Waals surface area contributed by atoms with E-state index in [0.717, 1.165) is 17.0 Å². The monoisotopic (exact) mass is 331 g/mol. The average molecular weight is 331 g/mol. The third kappa shape index (κ3) is 3.68. The third-order valence-corrected chi connectivity index (χ3v) is 4.51. The van der Waals surface area contributed by atoms with Crippen LogP contribution >= 0.6 is 11.3 Å². The van der Waals surface area contributed by atoms with Crippen molar-refractivity contribution >= 4 is 28.3 Å². The van der Waals surface area contributed by atoms with Crippen LogP contribution in [0.2, 0.25) is 0 Å². The Morgan fingerprint density at radius 1 is 1.39 bits per heavy atom. The van der Waals surface area contributed by atoms with E-state index < -0.39 is 0 Å². The first-order chi connectivity index (χ1) is 11.2. The number of hydrogen-bond acceptors (Lipinski definition) is 5. The Hall–Kier alpha value is -2.41. The first-order valence-electron chi connectivity index (χ1n) is 7.33. The van der Waals surface area contributed by atoms with Crippen molar-refractivity contribution in [3.05, 3.63) is 29.6 Å². The minimum atomic E-state index is -0.193. The zero-order chi connectivity index (χ0) is 16.2. The quantitative estimate of drug-likeness (QED) is 0.901. The van der Waals surface area contributed by atoms with Gasteiger partial charge in [-0.05, 0) is 30.7 Å². The predicted octanol–water partition coefficient (Wildman–Crippen LogP) is 2.28. The second-order valence-electron chi connectivity index (χ2n) is 5.30. The Labute approximate surface area is 137 Å². The number of methoxy groups -OCH3 is 1. The van der Waals surface area contributed by atoms with Crippen LogP contribution in [0.3, 0.4) is 0 Å². The van der Waals surface area contributed by atoms with Crippen molar-refractivity contribution in [2.24, 2.45) is 5.92 Å². The minimum absolute atomic E-state index is 0.00471. The van der Waals surface area contributed by atoms with Gasteiger partial charge in [0.1, 0.15) is 5.75 Å². The van der Waals surface area contributed by atoms with E-state index >= 15 is 0 Å². The third-order valence-electron chi connectivity index (χ3n) is 3.76. The molecule has 1 saturated heterocycles. The fraction of sp³-hybridized carbons (Fsp3) is 0.312. The van der Waals surface area contributed by atoms with Crippen LogP contribution in [-0.4, -0.2) is 30.5 Å². The summed E-state index contributed by atoms with van der Waals surface area (Å²) < 4.78 is 5.13. The maximum Gasteiger partial charge on any atom is 0.231 e. The molecule has 0 unspecified atom stereocenters. The molecular weight excluding hydrogens is 314 g/mol. The van der Waals surface area contributed by atoms with Crippen molar-refractivity contribution in [2.45, 2.75) is 12.8 Å². The summed E-state index contributed by atoms with van der Waals surface area (Å²) in [6.07, 6.45) is 0.974. The number of piperidine rings is 1. The van der Waals surface area contributed by atoms with E-state index in [1.54, 1.807) is 7.11 Å². The lowest BCUT2D eigenvalue weighted by atomic mass is 9.98. The van der Waals surface area contributed by atoms with Gasteiger partial charge in [0.2, 0.25) is 11.8 Å². The van der Waals surface area contributed by atoms with Crippen LogP contribution in [0.4, 0.5) is 5.13 Å². The van der Waals surface area contributed by atoms with Gasteiger partial charge < -0.3 is 15.4 Å². The number of carbonyl (C=O) groups excluding carboxylic acids is 2. The van der Waals surface area contributed by atoms with Crippen LogP contribution < -0.4 is 15.4 Å². The van der Waals surface area contributed by atoms with Crippen LogP contribution in [0, 0.1) is 5.92 Å². The maximum absolute atomic E-state index is 12.2. The van der Waals surface area contributed by atoms with E-state index in [2.05, 4.69) is 15.6 Å². The molecule has 1 fully saturated rings. The second kappa shape index (κ2) is 6.78. The summed E-state index contributed by atoms with van der Waals surface area (Å²) in [4.78, 5) is 27.8. The highest BCUT2D eigenvalue weighted by Crippen LogP contribution is 2.27. The van der Waals surface area contributed by atoms with E-state index in [-0.39, 0.29) is 17.7 Å².